The van der Waals surface area contributed by atoms with Crippen molar-refractivity contribution in [1.29, 1.82) is 0 Å². The summed E-state index contributed by atoms with van der Waals surface area (Å²) in [5.41, 5.74) is 1.46. The first-order valence-corrected chi connectivity index (χ1v) is 9.27. The number of likely N-dealkylation sites (N-methyl/N-ethyl adjacent to an activating group) is 2. The fraction of sp³-hybridized carbons (Fsp3) is 0.450. The molecule has 0 bridgehead atoms. The van der Waals surface area contributed by atoms with E-state index in [0.717, 1.165) is 11.2 Å². The first-order chi connectivity index (χ1) is 12.9. The van der Waals surface area contributed by atoms with Crippen molar-refractivity contribution in [1.82, 2.24) is 20.1 Å². The Kier molecular flexibility index (Phi) is 5.60. The SMILES string of the molecule is CCNC(=O)[C@@H]1C[C@H](NC(=O)Cn2c(C)cc(=O)c3ccccc32)CN1C. The minimum Gasteiger partial charge on any atom is -0.355 e. The number of para-hydroxylation sites is 1. The van der Waals surface area contributed by atoms with Crippen molar-refractivity contribution < 1.29 is 9.59 Å². The number of hydrogen-bond acceptors (Lipinski definition) is 4. The minimum atomic E-state index is -0.217. The van der Waals surface area contributed by atoms with E-state index in [1.54, 1.807) is 12.1 Å². The van der Waals surface area contributed by atoms with Crippen LogP contribution in [-0.2, 0) is 16.1 Å². The van der Waals surface area contributed by atoms with Gasteiger partial charge in [0.05, 0.1) is 11.6 Å². The molecule has 3 rings (SSSR count). The summed E-state index contributed by atoms with van der Waals surface area (Å²) >= 11 is 0. The summed E-state index contributed by atoms with van der Waals surface area (Å²) < 4.78 is 1.85. The van der Waals surface area contributed by atoms with E-state index in [9.17, 15) is 14.4 Å². The number of pyridine rings is 1. The molecule has 27 heavy (non-hydrogen) atoms. The smallest absolute Gasteiger partial charge is 0.240 e. The van der Waals surface area contributed by atoms with Crippen LogP contribution in [0.1, 0.15) is 19.0 Å². The van der Waals surface area contributed by atoms with E-state index in [1.165, 1.54) is 0 Å². The van der Waals surface area contributed by atoms with Crippen LogP contribution < -0.4 is 16.1 Å². The van der Waals surface area contributed by atoms with Gasteiger partial charge in [-0.3, -0.25) is 19.3 Å². The fourth-order valence-corrected chi connectivity index (χ4v) is 3.78. The zero-order valence-electron chi connectivity index (χ0n) is 16.0. The maximum Gasteiger partial charge on any atom is 0.240 e. The standard InChI is InChI=1S/C20H26N4O3/c1-4-21-20(27)17-10-14(11-23(17)3)22-19(26)12-24-13(2)9-18(25)15-7-5-6-8-16(15)24/h5-9,14,17H,4,10-12H2,1-3H3,(H,21,27)(H,22,26)/t14-,17-/m0/s1. The molecule has 144 valence electrons. The average molecular weight is 370 g/mol. The highest BCUT2D eigenvalue weighted by Crippen LogP contribution is 2.17. The van der Waals surface area contributed by atoms with Crippen LogP contribution in [0.3, 0.4) is 0 Å². The number of likely N-dealkylation sites (tertiary alicyclic amines) is 1. The summed E-state index contributed by atoms with van der Waals surface area (Å²) in [7, 11) is 1.89. The van der Waals surface area contributed by atoms with Crippen molar-refractivity contribution >= 4 is 22.7 Å². The van der Waals surface area contributed by atoms with Gasteiger partial charge in [0.2, 0.25) is 11.8 Å². The summed E-state index contributed by atoms with van der Waals surface area (Å²) in [5.74, 6) is -0.124. The lowest BCUT2D eigenvalue weighted by Gasteiger charge is -2.17. The van der Waals surface area contributed by atoms with Crippen LogP contribution in [0.25, 0.3) is 10.9 Å². The number of rotatable bonds is 5. The van der Waals surface area contributed by atoms with Gasteiger partial charge >= 0.3 is 0 Å². The summed E-state index contributed by atoms with van der Waals surface area (Å²) in [6.45, 7) is 5.09. The Balaban J connectivity index is 1.71. The molecule has 1 fully saturated rings. The van der Waals surface area contributed by atoms with Crippen LogP contribution in [0.15, 0.2) is 35.1 Å². The van der Waals surface area contributed by atoms with Gasteiger partial charge in [-0.05, 0) is 39.4 Å². The lowest BCUT2D eigenvalue weighted by molar-refractivity contribution is -0.125. The van der Waals surface area contributed by atoms with Gasteiger partial charge < -0.3 is 15.2 Å². The molecular formula is C20H26N4O3. The highest BCUT2D eigenvalue weighted by molar-refractivity contribution is 5.84. The molecule has 0 spiro atoms. The topological polar surface area (TPSA) is 83.4 Å². The van der Waals surface area contributed by atoms with Crippen LogP contribution in [0, 0.1) is 6.92 Å². The van der Waals surface area contributed by atoms with E-state index in [-0.39, 0.29) is 35.9 Å². The summed E-state index contributed by atoms with van der Waals surface area (Å²) in [6, 6.07) is 8.58. The summed E-state index contributed by atoms with van der Waals surface area (Å²) in [6.07, 6.45) is 0.595. The van der Waals surface area contributed by atoms with E-state index in [0.29, 0.717) is 24.9 Å². The number of nitrogens with zero attached hydrogens (tertiary/aromatic N) is 2. The van der Waals surface area contributed by atoms with Gasteiger partial charge in [-0.25, -0.2) is 0 Å². The van der Waals surface area contributed by atoms with E-state index < -0.39 is 0 Å². The van der Waals surface area contributed by atoms with Crippen molar-refractivity contribution in [3.05, 3.63) is 46.2 Å². The van der Waals surface area contributed by atoms with Gasteiger partial charge in [0.1, 0.15) is 6.54 Å². The van der Waals surface area contributed by atoms with Gasteiger partial charge in [-0.2, -0.15) is 0 Å². The number of aryl methyl sites for hydroxylation is 1. The maximum atomic E-state index is 12.6. The zero-order valence-corrected chi connectivity index (χ0v) is 16.0. The Morgan fingerprint density at radius 1 is 1.26 bits per heavy atom. The second kappa shape index (κ2) is 7.92. The van der Waals surface area contributed by atoms with Crippen LogP contribution in [-0.4, -0.2) is 53.5 Å². The van der Waals surface area contributed by atoms with Crippen LogP contribution in [0.5, 0.6) is 0 Å². The number of hydrogen-bond donors (Lipinski definition) is 2. The number of benzene rings is 1. The van der Waals surface area contributed by atoms with E-state index in [1.807, 2.05) is 48.6 Å². The Labute approximate surface area is 158 Å². The third-order valence-electron chi connectivity index (χ3n) is 5.09. The van der Waals surface area contributed by atoms with E-state index >= 15 is 0 Å². The molecule has 0 saturated carbocycles. The normalized spacial score (nSPS) is 20.0. The molecule has 2 heterocycles. The Morgan fingerprint density at radius 3 is 2.74 bits per heavy atom. The molecule has 2 amide bonds. The highest BCUT2D eigenvalue weighted by Gasteiger charge is 2.34. The summed E-state index contributed by atoms with van der Waals surface area (Å²) in [4.78, 5) is 38.8. The highest BCUT2D eigenvalue weighted by atomic mass is 16.2. The number of carbonyl (C=O) groups excluding carboxylic acids is 2. The first kappa shape index (κ1) is 19.1. The third kappa shape index (κ3) is 4.03. The fourth-order valence-electron chi connectivity index (χ4n) is 3.78. The van der Waals surface area contributed by atoms with Gasteiger partial charge in [-0.1, -0.05) is 12.1 Å². The molecule has 7 heteroatoms. The molecule has 0 unspecified atom stereocenters. The molecule has 0 radical (unpaired) electrons. The Bertz CT molecular complexity index is 921. The molecule has 2 atom stereocenters. The number of carbonyl (C=O) groups is 2. The molecule has 1 aromatic carbocycles. The quantitative estimate of drug-likeness (QED) is 0.809. The molecular weight excluding hydrogens is 344 g/mol. The molecule has 0 aliphatic carbocycles. The van der Waals surface area contributed by atoms with Crippen molar-refractivity contribution in [3.63, 3.8) is 0 Å². The molecule has 1 aliphatic rings. The van der Waals surface area contributed by atoms with E-state index in [4.69, 9.17) is 0 Å². The van der Waals surface area contributed by atoms with Crippen molar-refractivity contribution in [3.8, 4) is 0 Å². The minimum absolute atomic E-state index is 0.000929. The Hall–Kier alpha value is -2.67. The van der Waals surface area contributed by atoms with Crippen LogP contribution in [0.4, 0.5) is 0 Å². The van der Waals surface area contributed by atoms with Gasteiger partial charge in [0.15, 0.2) is 5.43 Å². The van der Waals surface area contributed by atoms with Crippen molar-refractivity contribution in [2.45, 2.75) is 38.9 Å². The average Bonchev–Trinajstić information content (AvgIpc) is 2.99. The predicted molar refractivity (Wildman–Crippen MR) is 105 cm³/mol. The molecule has 7 nitrogen and oxygen atoms in total. The van der Waals surface area contributed by atoms with Crippen LogP contribution >= 0.6 is 0 Å². The largest absolute Gasteiger partial charge is 0.355 e. The number of nitrogens with one attached hydrogen (secondary N) is 2. The van der Waals surface area contributed by atoms with Gasteiger partial charge in [0.25, 0.3) is 0 Å². The third-order valence-corrected chi connectivity index (χ3v) is 5.09. The first-order valence-electron chi connectivity index (χ1n) is 9.27. The predicted octanol–water partition coefficient (Wildman–Crippen LogP) is 0.635. The number of fused-ring (bicyclic) bond motifs is 1. The zero-order chi connectivity index (χ0) is 19.6. The molecule has 2 N–H and O–H groups in total. The number of aromatic nitrogens is 1. The monoisotopic (exact) mass is 370 g/mol. The molecule has 1 saturated heterocycles. The lowest BCUT2D eigenvalue weighted by Crippen LogP contribution is -2.41. The number of amides is 2. The van der Waals surface area contributed by atoms with Crippen molar-refractivity contribution in [2.24, 2.45) is 0 Å². The Morgan fingerprint density at radius 2 is 2.00 bits per heavy atom. The second-order valence-electron chi connectivity index (χ2n) is 7.10. The van der Waals surface area contributed by atoms with Crippen LogP contribution in [0.2, 0.25) is 0 Å². The van der Waals surface area contributed by atoms with Gasteiger partial charge in [0, 0.05) is 36.3 Å². The molecule has 1 aliphatic heterocycles. The summed E-state index contributed by atoms with van der Waals surface area (Å²) in [5, 5.41) is 6.47. The molecule has 2 aromatic rings. The molecule has 1 aromatic heterocycles. The lowest BCUT2D eigenvalue weighted by atomic mass is 10.1. The van der Waals surface area contributed by atoms with Crippen molar-refractivity contribution in [2.75, 3.05) is 20.1 Å². The second-order valence-corrected chi connectivity index (χ2v) is 7.10. The van der Waals surface area contributed by atoms with Gasteiger partial charge in [-0.15, -0.1) is 0 Å². The maximum absolute atomic E-state index is 12.6. The van der Waals surface area contributed by atoms with E-state index in [2.05, 4.69) is 10.6 Å².